The van der Waals surface area contributed by atoms with Crippen LogP contribution in [-0.2, 0) is 9.84 Å². The van der Waals surface area contributed by atoms with Gasteiger partial charge in [0.2, 0.25) is 0 Å². The zero-order chi connectivity index (χ0) is 25.9. The van der Waals surface area contributed by atoms with Crippen molar-refractivity contribution < 1.29 is 31.2 Å². The Hall–Kier alpha value is -3.41. The lowest BCUT2D eigenvalue weighted by atomic mass is 10.0. The van der Waals surface area contributed by atoms with Crippen LogP contribution in [0.4, 0.5) is 18.9 Å². The number of hydrogen-bond acceptors (Lipinski definition) is 6. The number of halogens is 3. The van der Waals surface area contributed by atoms with E-state index in [1.807, 2.05) is 0 Å². The van der Waals surface area contributed by atoms with E-state index >= 15 is 0 Å². The van der Waals surface area contributed by atoms with Crippen LogP contribution >= 0.6 is 0 Å². The van der Waals surface area contributed by atoms with Gasteiger partial charge in [0, 0.05) is 24.7 Å². The van der Waals surface area contributed by atoms with Crippen molar-refractivity contribution in [3.63, 3.8) is 0 Å². The predicted octanol–water partition coefficient (Wildman–Crippen LogP) is 3.39. The Labute approximate surface area is 199 Å². The highest BCUT2D eigenvalue weighted by molar-refractivity contribution is 7.93. The molecule has 4 rings (SSSR count). The van der Waals surface area contributed by atoms with Crippen molar-refractivity contribution in [2.75, 3.05) is 11.4 Å². The van der Waals surface area contributed by atoms with Crippen LogP contribution < -0.4 is 10.6 Å². The molecule has 0 bridgehead atoms. The molecule has 2 aromatic heterocycles. The molecule has 2 atom stereocenters. The van der Waals surface area contributed by atoms with Gasteiger partial charge in [-0.1, -0.05) is 0 Å². The van der Waals surface area contributed by atoms with E-state index < -0.39 is 55.8 Å². The molecular weight excluding hydrogens is 485 g/mol. The molecule has 0 unspecified atom stereocenters. The highest BCUT2D eigenvalue weighted by Gasteiger charge is 2.43. The number of pyridine rings is 1. The highest BCUT2D eigenvalue weighted by Crippen LogP contribution is 2.45. The molecular formula is C23H23F3N4O4S. The summed E-state index contributed by atoms with van der Waals surface area (Å²) in [6.45, 7) is 3.89. The lowest BCUT2D eigenvalue weighted by Gasteiger charge is -2.32. The number of fused-ring (bicyclic) bond motifs is 1. The van der Waals surface area contributed by atoms with Crippen molar-refractivity contribution in [1.29, 1.82) is 0 Å². The first-order chi connectivity index (χ1) is 16.3. The Morgan fingerprint density at radius 2 is 1.94 bits per heavy atom. The second-order valence-electron chi connectivity index (χ2n) is 9.37. The van der Waals surface area contributed by atoms with Crippen molar-refractivity contribution in [1.82, 2.24) is 9.61 Å². The monoisotopic (exact) mass is 508 g/mol. The lowest BCUT2D eigenvalue weighted by Crippen LogP contribution is -2.34. The van der Waals surface area contributed by atoms with Gasteiger partial charge in [0.15, 0.2) is 16.1 Å². The second-order valence-corrected chi connectivity index (χ2v) is 12.0. The molecule has 1 aliphatic heterocycles. The number of sulfone groups is 1. The summed E-state index contributed by atoms with van der Waals surface area (Å²) in [6.07, 6.45) is 0.827. The van der Waals surface area contributed by atoms with Crippen molar-refractivity contribution in [2.24, 2.45) is 5.73 Å². The van der Waals surface area contributed by atoms with Crippen molar-refractivity contribution in [2.45, 2.75) is 49.0 Å². The number of carbonyl (C=O) groups excluding carboxylic acids is 2. The summed E-state index contributed by atoms with van der Waals surface area (Å²) in [5, 5.41) is 3.99. The van der Waals surface area contributed by atoms with Crippen molar-refractivity contribution >= 4 is 33.2 Å². The predicted molar refractivity (Wildman–Crippen MR) is 122 cm³/mol. The van der Waals surface area contributed by atoms with Gasteiger partial charge < -0.3 is 10.6 Å². The molecule has 1 fully saturated rings. The molecule has 12 heteroatoms. The highest BCUT2D eigenvalue weighted by atomic mass is 32.2. The average Bonchev–Trinajstić information content (AvgIpc) is 3.35. The number of hydrogen-bond donors (Lipinski definition) is 1. The van der Waals surface area contributed by atoms with E-state index in [9.17, 15) is 31.2 Å². The van der Waals surface area contributed by atoms with Crippen LogP contribution in [-0.4, -0.2) is 47.7 Å². The molecule has 0 radical (unpaired) electrons. The van der Waals surface area contributed by atoms with Gasteiger partial charge in [0.05, 0.1) is 39.3 Å². The third-order valence-electron chi connectivity index (χ3n) is 6.09. The third kappa shape index (κ3) is 3.95. The van der Waals surface area contributed by atoms with E-state index in [0.29, 0.717) is 6.29 Å². The van der Waals surface area contributed by atoms with Crippen molar-refractivity contribution in [3.8, 4) is 0 Å². The van der Waals surface area contributed by atoms with Crippen LogP contribution in [0.2, 0.25) is 0 Å². The summed E-state index contributed by atoms with van der Waals surface area (Å²) in [4.78, 5) is 25.2. The molecule has 3 aromatic rings. The number of amides is 1. The van der Waals surface area contributed by atoms with Crippen LogP contribution in [0.3, 0.4) is 0 Å². The second kappa shape index (κ2) is 8.36. The smallest absolute Gasteiger partial charge is 0.253 e. The van der Waals surface area contributed by atoms with Gasteiger partial charge in [-0.05, 0) is 39.0 Å². The SMILES string of the molecule is CC(C)(C)S(=O)(=O)c1cn2ncc(C=O)c2c(C(N)=O)c1N1C[C@@H](F)C[C@@H]1c1cc(F)ccc1F. The quantitative estimate of drug-likeness (QED) is 0.529. The zero-order valence-corrected chi connectivity index (χ0v) is 19.9. The van der Waals surface area contributed by atoms with E-state index in [2.05, 4.69) is 5.10 Å². The maximum absolute atomic E-state index is 14.8. The lowest BCUT2D eigenvalue weighted by molar-refractivity contribution is 0.100. The maximum Gasteiger partial charge on any atom is 0.253 e. The Morgan fingerprint density at radius 1 is 1.26 bits per heavy atom. The fraction of sp³-hybridized carbons (Fsp3) is 0.348. The Kier molecular flexibility index (Phi) is 5.90. The third-order valence-corrected chi connectivity index (χ3v) is 8.58. The summed E-state index contributed by atoms with van der Waals surface area (Å²) in [5.41, 5.74) is 4.69. The molecule has 1 amide bonds. The van der Waals surface area contributed by atoms with Gasteiger partial charge in [-0.15, -0.1) is 0 Å². The van der Waals surface area contributed by atoms with Crippen LogP contribution in [0.1, 0.15) is 59.5 Å². The summed E-state index contributed by atoms with van der Waals surface area (Å²) in [5.74, 6) is -2.69. The molecule has 0 aliphatic carbocycles. The first-order valence-electron chi connectivity index (χ1n) is 10.7. The molecule has 3 heterocycles. The zero-order valence-electron chi connectivity index (χ0n) is 19.1. The maximum atomic E-state index is 14.8. The summed E-state index contributed by atoms with van der Waals surface area (Å²) in [6, 6.07) is 1.55. The number of nitrogens with two attached hydrogens (primary N) is 1. The molecule has 8 nitrogen and oxygen atoms in total. The number of rotatable bonds is 5. The molecule has 0 saturated carbocycles. The van der Waals surface area contributed by atoms with Crippen LogP contribution in [0.15, 0.2) is 35.5 Å². The van der Waals surface area contributed by atoms with E-state index in [0.717, 1.165) is 35.1 Å². The topological polar surface area (TPSA) is 115 Å². The number of nitrogens with zero attached hydrogens (tertiary/aromatic N) is 3. The van der Waals surface area contributed by atoms with Gasteiger partial charge in [0.1, 0.15) is 22.7 Å². The van der Waals surface area contributed by atoms with Crippen molar-refractivity contribution in [3.05, 3.63) is 58.9 Å². The summed E-state index contributed by atoms with van der Waals surface area (Å²) >= 11 is 0. The molecule has 2 N–H and O–H groups in total. The first-order valence-corrected chi connectivity index (χ1v) is 12.2. The Balaban J connectivity index is 2.14. The van der Waals surface area contributed by atoms with E-state index in [1.54, 1.807) is 0 Å². The van der Waals surface area contributed by atoms with Crippen LogP contribution in [0.5, 0.6) is 0 Å². The number of aldehydes is 1. The summed E-state index contributed by atoms with van der Waals surface area (Å²) < 4.78 is 70.6. The Bertz CT molecular complexity index is 1460. The largest absolute Gasteiger partial charge is 0.365 e. The number of benzene rings is 1. The minimum Gasteiger partial charge on any atom is -0.365 e. The van der Waals surface area contributed by atoms with Crippen LogP contribution in [0.25, 0.3) is 5.52 Å². The Morgan fingerprint density at radius 3 is 2.54 bits per heavy atom. The molecule has 1 aromatic carbocycles. The van der Waals surface area contributed by atoms with E-state index in [4.69, 9.17) is 5.73 Å². The number of anilines is 1. The summed E-state index contributed by atoms with van der Waals surface area (Å²) in [7, 11) is -4.22. The molecule has 186 valence electrons. The number of carbonyl (C=O) groups is 2. The minimum absolute atomic E-state index is 0.0516. The van der Waals surface area contributed by atoms with Gasteiger partial charge in [-0.3, -0.25) is 9.59 Å². The molecule has 35 heavy (non-hydrogen) atoms. The van der Waals surface area contributed by atoms with Gasteiger partial charge in [0.25, 0.3) is 5.91 Å². The van der Waals surface area contributed by atoms with E-state index in [1.165, 1.54) is 25.7 Å². The fourth-order valence-corrected chi connectivity index (χ4v) is 5.74. The van der Waals surface area contributed by atoms with Gasteiger partial charge in [-0.25, -0.2) is 26.1 Å². The van der Waals surface area contributed by atoms with Crippen LogP contribution in [0, 0.1) is 11.6 Å². The number of aromatic nitrogens is 2. The molecule has 0 spiro atoms. The van der Waals surface area contributed by atoms with Gasteiger partial charge >= 0.3 is 0 Å². The standard InChI is InChI=1S/C23H23F3N4O4S/c1-23(2,3)35(33,34)18-10-30-20(12(11-31)8-28-30)19(22(27)32)21(18)29-9-14(25)7-17(29)15-6-13(24)4-5-16(15)26/h4-6,8,10-11,14,17H,7,9H2,1-3H3,(H2,27,32)/t14-,17+/m0/s1. The normalized spacial score (nSPS) is 18.9. The molecule has 1 aliphatic rings. The molecule has 1 saturated heterocycles. The fourth-order valence-electron chi connectivity index (χ4n) is 4.37. The number of alkyl halides is 1. The van der Waals surface area contributed by atoms with E-state index in [-0.39, 0.29) is 34.3 Å². The van der Waals surface area contributed by atoms with Gasteiger partial charge in [-0.2, -0.15) is 5.10 Å². The average molecular weight is 509 g/mol. The number of primary amides is 1. The first kappa shape index (κ1) is 24.7. The minimum atomic E-state index is -4.22.